The van der Waals surface area contributed by atoms with Crippen LogP contribution in [0.1, 0.15) is 26.7 Å². The topological polar surface area (TPSA) is 63.2 Å². The van der Waals surface area contributed by atoms with Crippen LogP contribution in [0, 0.1) is 0 Å². The number of esters is 1. The maximum absolute atomic E-state index is 12.1. The van der Waals surface area contributed by atoms with E-state index < -0.39 is 24.0 Å². The van der Waals surface area contributed by atoms with Crippen molar-refractivity contribution < 1.29 is 28.5 Å². The summed E-state index contributed by atoms with van der Waals surface area (Å²) in [6.07, 6.45) is 3.65. The molecule has 2 rings (SSSR count). The average Bonchev–Trinajstić information content (AvgIpc) is 3.01. The first kappa shape index (κ1) is 17.6. The molecule has 23 heavy (non-hydrogen) atoms. The SMILES string of the molecule is C=CCCOC1=C(OCCC=C)[C@@H]([C@@H]2COC(C)(C)O2)OC1=O. The first-order chi connectivity index (χ1) is 11.0. The molecule has 2 heterocycles. The summed E-state index contributed by atoms with van der Waals surface area (Å²) in [6.45, 7) is 11.9. The van der Waals surface area contributed by atoms with Crippen molar-refractivity contribution in [2.45, 2.75) is 44.7 Å². The highest BCUT2D eigenvalue weighted by molar-refractivity contribution is 5.89. The van der Waals surface area contributed by atoms with Crippen LogP contribution in [0.4, 0.5) is 0 Å². The van der Waals surface area contributed by atoms with Crippen molar-refractivity contribution in [1.82, 2.24) is 0 Å². The van der Waals surface area contributed by atoms with Crippen LogP contribution in [0.3, 0.4) is 0 Å². The fourth-order valence-electron chi connectivity index (χ4n) is 2.34. The van der Waals surface area contributed by atoms with Crippen LogP contribution in [-0.4, -0.2) is 43.8 Å². The number of hydrogen-bond acceptors (Lipinski definition) is 6. The maximum atomic E-state index is 12.1. The zero-order valence-corrected chi connectivity index (χ0v) is 13.7. The van der Waals surface area contributed by atoms with Crippen LogP contribution < -0.4 is 0 Å². The third kappa shape index (κ3) is 4.36. The van der Waals surface area contributed by atoms with Crippen LogP contribution >= 0.6 is 0 Å². The van der Waals surface area contributed by atoms with Gasteiger partial charge in [0.25, 0.3) is 0 Å². The number of carbonyl (C=O) groups excluding carboxylic acids is 1. The molecule has 0 unspecified atom stereocenters. The Bertz CT molecular complexity index is 493. The summed E-state index contributed by atoms with van der Waals surface area (Å²) < 4.78 is 28.0. The van der Waals surface area contributed by atoms with E-state index in [-0.39, 0.29) is 5.76 Å². The van der Waals surface area contributed by atoms with E-state index in [1.807, 2.05) is 13.8 Å². The first-order valence-electron chi connectivity index (χ1n) is 7.73. The molecule has 1 saturated heterocycles. The Balaban J connectivity index is 2.14. The molecular formula is C17H24O6. The summed E-state index contributed by atoms with van der Waals surface area (Å²) >= 11 is 0. The minimum absolute atomic E-state index is 0.106. The Hall–Kier alpha value is -1.79. The van der Waals surface area contributed by atoms with Crippen molar-refractivity contribution >= 4 is 5.97 Å². The molecule has 128 valence electrons. The number of ether oxygens (including phenoxy) is 5. The lowest BCUT2D eigenvalue weighted by Gasteiger charge is -2.21. The van der Waals surface area contributed by atoms with Gasteiger partial charge in [-0.15, -0.1) is 13.2 Å². The fraction of sp³-hybridized carbons (Fsp3) is 0.588. The molecule has 0 amide bonds. The number of carbonyl (C=O) groups is 1. The van der Waals surface area contributed by atoms with E-state index in [1.165, 1.54) is 0 Å². The Morgan fingerprint density at radius 1 is 1.22 bits per heavy atom. The number of cyclic esters (lactones) is 1. The van der Waals surface area contributed by atoms with E-state index in [0.29, 0.717) is 38.4 Å². The number of hydrogen-bond donors (Lipinski definition) is 0. The van der Waals surface area contributed by atoms with Gasteiger partial charge in [0.05, 0.1) is 19.8 Å². The van der Waals surface area contributed by atoms with E-state index >= 15 is 0 Å². The van der Waals surface area contributed by atoms with E-state index in [9.17, 15) is 4.79 Å². The van der Waals surface area contributed by atoms with Crippen LogP contribution in [0.15, 0.2) is 36.8 Å². The van der Waals surface area contributed by atoms with Crippen LogP contribution in [-0.2, 0) is 28.5 Å². The van der Waals surface area contributed by atoms with Gasteiger partial charge in [0.1, 0.15) is 6.10 Å². The van der Waals surface area contributed by atoms with Crippen molar-refractivity contribution in [2.75, 3.05) is 19.8 Å². The van der Waals surface area contributed by atoms with E-state index in [2.05, 4.69) is 13.2 Å². The molecule has 0 spiro atoms. The molecule has 0 aromatic carbocycles. The molecule has 2 aliphatic heterocycles. The molecular weight excluding hydrogens is 300 g/mol. The van der Waals surface area contributed by atoms with Gasteiger partial charge < -0.3 is 23.7 Å². The lowest BCUT2D eigenvalue weighted by atomic mass is 10.2. The summed E-state index contributed by atoms with van der Waals surface area (Å²) in [6, 6.07) is 0. The first-order valence-corrected chi connectivity index (χ1v) is 7.73. The summed E-state index contributed by atoms with van der Waals surface area (Å²) in [7, 11) is 0. The molecule has 0 N–H and O–H groups in total. The second kappa shape index (κ2) is 7.66. The van der Waals surface area contributed by atoms with E-state index in [0.717, 1.165) is 0 Å². The summed E-state index contributed by atoms with van der Waals surface area (Å²) in [4.78, 5) is 12.1. The summed E-state index contributed by atoms with van der Waals surface area (Å²) in [5.41, 5.74) is 0. The van der Waals surface area contributed by atoms with Gasteiger partial charge in [0, 0.05) is 0 Å². The van der Waals surface area contributed by atoms with Gasteiger partial charge >= 0.3 is 5.97 Å². The molecule has 6 heteroatoms. The Morgan fingerprint density at radius 2 is 1.87 bits per heavy atom. The Morgan fingerprint density at radius 3 is 2.43 bits per heavy atom. The molecule has 0 aliphatic carbocycles. The smallest absolute Gasteiger partial charge is 0.378 e. The normalized spacial score (nSPS) is 26.1. The predicted octanol–water partition coefficient (Wildman–Crippen LogP) is 2.46. The monoisotopic (exact) mass is 324 g/mol. The van der Waals surface area contributed by atoms with Crippen molar-refractivity contribution in [1.29, 1.82) is 0 Å². The molecule has 0 aromatic heterocycles. The van der Waals surface area contributed by atoms with Gasteiger partial charge in [-0.3, -0.25) is 0 Å². The van der Waals surface area contributed by atoms with Crippen molar-refractivity contribution in [3.8, 4) is 0 Å². The third-order valence-corrected chi connectivity index (χ3v) is 3.42. The average molecular weight is 324 g/mol. The van der Waals surface area contributed by atoms with E-state index in [1.54, 1.807) is 12.2 Å². The second-order valence-electron chi connectivity index (χ2n) is 5.74. The zero-order chi connectivity index (χ0) is 16.9. The molecule has 2 atom stereocenters. The highest BCUT2D eigenvalue weighted by Gasteiger charge is 2.48. The highest BCUT2D eigenvalue weighted by atomic mass is 16.8. The third-order valence-electron chi connectivity index (χ3n) is 3.42. The molecule has 1 fully saturated rings. The summed E-state index contributed by atoms with van der Waals surface area (Å²) in [5, 5.41) is 0. The molecule has 0 saturated carbocycles. The lowest BCUT2D eigenvalue weighted by molar-refractivity contribution is -0.163. The van der Waals surface area contributed by atoms with Crippen LogP contribution in [0.25, 0.3) is 0 Å². The van der Waals surface area contributed by atoms with Gasteiger partial charge in [0.15, 0.2) is 17.7 Å². The lowest BCUT2D eigenvalue weighted by Crippen LogP contribution is -2.33. The van der Waals surface area contributed by atoms with Gasteiger partial charge in [-0.2, -0.15) is 0 Å². The fourth-order valence-corrected chi connectivity index (χ4v) is 2.34. The molecule has 6 nitrogen and oxygen atoms in total. The standard InChI is InChI=1S/C17H24O6/c1-5-7-9-19-14-13(12-11-21-17(3,4)23-12)22-16(18)15(14)20-10-8-6-2/h5-6,12-13H,1-2,7-11H2,3-4H3/t12-,13+/m0/s1. The molecule has 2 aliphatic rings. The van der Waals surface area contributed by atoms with Gasteiger partial charge in [0.2, 0.25) is 5.76 Å². The van der Waals surface area contributed by atoms with Crippen LogP contribution in [0.2, 0.25) is 0 Å². The van der Waals surface area contributed by atoms with Crippen LogP contribution in [0.5, 0.6) is 0 Å². The van der Waals surface area contributed by atoms with Crippen molar-refractivity contribution in [3.63, 3.8) is 0 Å². The minimum Gasteiger partial charge on any atom is -0.490 e. The molecule has 0 radical (unpaired) electrons. The summed E-state index contributed by atoms with van der Waals surface area (Å²) in [5.74, 6) is -0.780. The Labute approximate surface area is 136 Å². The quantitative estimate of drug-likeness (QED) is 0.369. The van der Waals surface area contributed by atoms with Gasteiger partial charge in [-0.1, -0.05) is 12.2 Å². The second-order valence-corrected chi connectivity index (χ2v) is 5.74. The minimum atomic E-state index is -0.713. The van der Waals surface area contributed by atoms with Crippen molar-refractivity contribution in [3.05, 3.63) is 36.8 Å². The van der Waals surface area contributed by atoms with Gasteiger partial charge in [-0.25, -0.2) is 4.79 Å². The van der Waals surface area contributed by atoms with E-state index in [4.69, 9.17) is 23.7 Å². The van der Waals surface area contributed by atoms with Gasteiger partial charge in [-0.05, 0) is 26.7 Å². The highest BCUT2D eigenvalue weighted by Crippen LogP contribution is 2.34. The predicted molar refractivity (Wildman–Crippen MR) is 83.3 cm³/mol. The molecule has 0 bridgehead atoms. The zero-order valence-electron chi connectivity index (χ0n) is 13.7. The number of rotatable bonds is 9. The molecule has 0 aromatic rings. The Kier molecular flexibility index (Phi) is 5.85. The largest absolute Gasteiger partial charge is 0.490 e. The van der Waals surface area contributed by atoms with Crippen molar-refractivity contribution in [2.24, 2.45) is 0 Å². The maximum Gasteiger partial charge on any atom is 0.378 e.